The molecule has 0 heterocycles. The van der Waals surface area contributed by atoms with Crippen molar-refractivity contribution in [3.63, 3.8) is 0 Å². The SMILES string of the molecule is N#CC(c1ccccc1)C1CCC(N)CC1. The molecule has 1 aliphatic rings. The smallest absolute Gasteiger partial charge is 0.0740 e. The van der Waals surface area contributed by atoms with Crippen molar-refractivity contribution in [2.24, 2.45) is 11.7 Å². The lowest BCUT2D eigenvalue weighted by Crippen LogP contribution is -2.28. The largest absolute Gasteiger partial charge is 0.328 e. The number of nitrogens with zero attached hydrogens (tertiary/aromatic N) is 1. The molecule has 0 aromatic heterocycles. The van der Waals surface area contributed by atoms with E-state index in [0.717, 1.165) is 31.2 Å². The zero-order chi connectivity index (χ0) is 11.4. The Hall–Kier alpha value is -1.33. The van der Waals surface area contributed by atoms with E-state index < -0.39 is 0 Å². The summed E-state index contributed by atoms with van der Waals surface area (Å²) in [5.41, 5.74) is 7.05. The van der Waals surface area contributed by atoms with Gasteiger partial charge in [-0.2, -0.15) is 5.26 Å². The van der Waals surface area contributed by atoms with Crippen LogP contribution in [0.15, 0.2) is 30.3 Å². The lowest BCUT2D eigenvalue weighted by atomic mass is 9.76. The molecule has 1 aromatic carbocycles. The van der Waals surface area contributed by atoms with Crippen molar-refractivity contribution in [1.82, 2.24) is 0 Å². The quantitative estimate of drug-likeness (QED) is 0.823. The maximum Gasteiger partial charge on any atom is 0.0740 e. The Balaban J connectivity index is 2.09. The molecule has 0 bridgehead atoms. The Labute approximate surface area is 97.1 Å². The van der Waals surface area contributed by atoms with Crippen LogP contribution in [0.2, 0.25) is 0 Å². The number of nitrogens with two attached hydrogens (primary N) is 1. The van der Waals surface area contributed by atoms with Crippen molar-refractivity contribution in [1.29, 1.82) is 5.26 Å². The van der Waals surface area contributed by atoms with Crippen LogP contribution in [0.4, 0.5) is 0 Å². The molecule has 1 atom stereocenters. The van der Waals surface area contributed by atoms with Gasteiger partial charge in [0, 0.05) is 6.04 Å². The van der Waals surface area contributed by atoms with E-state index >= 15 is 0 Å². The highest BCUT2D eigenvalue weighted by molar-refractivity contribution is 5.25. The van der Waals surface area contributed by atoms with Crippen LogP contribution in [0.25, 0.3) is 0 Å². The van der Waals surface area contributed by atoms with E-state index in [1.807, 2.05) is 18.2 Å². The Kier molecular flexibility index (Phi) is 3.58. The van der Waals surface area contributed by atoms with Crippen LogP contribution in [-0.2, 0) is 0 Å². The molecule has 16 heavy (non-hydrogen) atoms. The van der Waals surface area contributed by atoms with Gasteiger partial charge >= 0.3 is 0 Å². The summed E-state index contributed by atoms with van der Waals surface area (Å²) in [6, 6.07) is 12.9. The highest BCUT2D eigenvalue weighted by atomic mass is 14.6. The molecule has 2 rings (SSSR count). The zero-order valence-corrected chi connectivity index (χ0v) is 9.47. The standard InChI is InChI=1S/C14H18N2/c15-10-14(11-4-2-1-3-5-11)12-6-8-13(16)9-7-12/h1-5,12-14H,6-9,16H2. The molecule has 84 valence electrons. The van der Waals surface area contributed by atoms with Crippen molar-refractivity contribution in [3.05, 3.63) is 35.9 Å². The highest BCUT2D eigenvalue weighted by Crippen LogP contribution is 2.35. The average molecular weight is 214 g/mol. The second-order valence-corrected chi connectivity index (χ2v) is 4.69. The number of nitriles is 1. The third-order valence-electron chi connectivity index (χ3n) is 3.59. The Morgan fingerprint density at radius 2 is 1.75 bits per heavy atom. The van der Waals surface area contributed by atoms with Crippen LogP contribution >= 0.6 is 0 Å². The van der Waals surface area contributed by atoms with Gasteiger partial charge in [0.1, 0.15) is 0 Å². The summed E-state index contributed by atoms with van der Waals surface area (Å²) in [4.78, 5) is 0. The van der Waals surface area contributed by atoms with Gasteiger partial charge in [0.15, 0.2) is 0 Å². The normalized spacial score (nSPS) is 27.0. The van der Waals surface area contributed by atoms with E-state index in [0.29, 0.717) is 12.0 Å². The average Bonchev–Trinajstić information content (AvgIpc) is 2.34. The van der Waals surface area contributed by atoms with E-state index in [9.17, 15) is 5.26 Å². The van der Waals surface area contributed by atoms with Crippen molar-refractivity contribution in [3.8, 4) is 6.07 Å². The second-order valence-electron chi connectivity index (χ2n) is 4.69. The molecule has 1 fully saturated rings. The van der Waals surface area contributed by atoms with E-state index in [4.69, 9.17) is 5.73 Å². The van der Waals surface area contributed by atoms with Crippen molar-refractivity contribution in [2.45, 2.75) is 37.6 Å². The van der Waals surface area contributed by atoms with Gasteiger partial charge in [0.05, 0.1) is 12.0 Å². The predicted octanol–water partition coefficient (Wildman–Crippen LogP) is 2.81. The van der Waals surface area contributed by atoms with Gasteiger partial charge in [-0.25, -0.2) is 0 Å². The summed E-state index contributed by atoms with van der Waals surface area (Å²) in [5, 5.41) is 9.32. The fourth-order valence-electron chi connectivity index (χ4n) is 2.59. The van der Waals surface area contributed by atoms with Gasteiger partial charge in [-0.1, -0.05) is 30.3 Å². The van der Waals surface area contributed by atoms with Crippen molar-refractivity contribution >= 4 is 0 Å². The Morgan fingerprint density at radius 3 is 2.31 bits per heavy atom. The zero-order valence-electron chi connectivity index (χ0n) is 9.47. The topological polar surface area (TPSA) is 49.8 Å². The molecule has 0 aliphatic heterocycles. The van der Waals surface area contributed by atoms with E-state index in [1.165, 1.54) is 0 Å². The predicted molar refractivity (Wildman–Crippen MR) is 64.7 cm³/mol. The number of hydrogen-bond acceptors (Lipinski definition) is 2. The summed E-state index contributed by atoms with van der Waals surface area (Å²) < 4.78 is 0. The van der Waals surface area contributed by atoms with Gasteiger partial charge < -0.3 is 5.73 Å². The van der Waals surface area contributed by atoms with Crippen LogP contribution in [0.1, 0.15) is 37.2 Å². The molecule has 1 saturated carbocycles. The van der Waals surface area contributed by atoms with Crippen molar-refractivity contribution in [2.75, 3.05) is 0 Å². The molecular formula is C14H18N2. The van der Waals surface area contributed by atoms with Gasteiger partial charge in [0.25, 0.3) is 0 Å². The maximum atomic E-state index is 9.32. The first-order chi connectivity index (χ1) is 7.81. The molecule has 0 spiro atoms. The minimum atomic E-state index is 0.0497. The molecule has 2 N–H and O–H groups in total. The molecule has 1 unspecified atom stereocenters. The first kappa shape index (κ1) is 11.2. The number of hydrogen-bond donors (Lipinski definition) is 1. The van der Waals surface area contributed by atoms with Crippen LogP contribution in [-0.4, -0.2) is 6.04 Å². The Bertz CT molecular complexity index is 358. The minimum Gasteiger partial charge on any atom is -0.328 e. The van der Waals surface area contributed by atoms with Crippen LogP contribution < -0.4 is 5.73 Å². The summed E-state index contributed by atoms with van der Waals surface area (Å²) >= 11 is 0. The summed E-state index contributed by atoms with van der Waals surface area (Å²) in [7, 11) is 0. The van der Waals surface area contributed by atoms with E-state index in [2.05, 4.69) is 18.2 Å². The molecule has 2 heteroatoms. The van der Waals surface area contributed by atoms with Gasteiger partial charge in [-0.05, 0) is 37.2 Å². The Morgan fingerprint density at radius 1 is 1.12 bits per heavy atom. The van der Waals surface area contributed by atoms with Crippen LogP contribution in [0.3, 0.4) is 0 Å². The van der Waals surface area contributed by atoms with Crippen LogP contribution in [0, 0.1) is 17.2 Å². The first-order valence-electron chi connectivity index (χ1n) is 6.01. The number of benzene rings is 1. The molecule has 1 aliphatic carbocycles. The summed E-state index contributed by atoms with van der Waals surface area (Å²) in [6.45, 7) is 0. The fraction of sp³-hybridized carbons (Fsp3) is 0.500. The molecule has 2 nitrogen and oxygen atoms in total. The summed E-state index contributed by atoms with van der Waals surface area (Å²) in [6.07, 6.45) is 4.31. The molecule has 0 saturated heterocycles. The molecule has 0 amide bonds. The second kappa shape index (κ2) is 5.14. The van der Waals surface area contributed by atoms with E-state index in [1.54, 1.807) is 0 Å². The summed E-state index contributed by atoms with van der Waals surface area (Å²) in [5.74, 6) is 0.542. The lowest BCUT2D eigenvalue weighted by molar-refractivity contribution is 0.307. The van der Waals surface area contributed by atoms with E-state index in [-0.39, 0.29) is 5.92 Å². The maximum absolute atomic E-state index is 9.32. The third-order valence-corrected chi connectivity index (χ3v) is 3.59. The van der Waals surface area contributed by atoms with Crippen molar-refractivity contribution < 1.29 is 0 Å². The third kappa shape index (κ3) is 2.43. The monoisotopic (exact) mass is 214 g/mol. The van der Waals surface area contributed by atoms with Gasteiger partial charge in [0.2, 0.25) is 0 Å². The molecular weight excluding hydrogens is 196 g/mol. The highest BCUT2D eigenvalue weighted by Gasteiger charge is 2.27. The van der Waals surface area contributed by atoms with Crippen LogP contribution in [0.5, 0.6) is 0 Å². The van der Waals surface area contributed by atoms with Gasteiger partial charge in [-0.15, -0.1) is 0 Å². The minimum absolute atomic E-state index is 0.0497. The number of rotatable bonds is 2. The lowest BCUT2D eigenvalue weighted by Gasteiger charge is -2.29. The molecule has 0 radical (unpaired) electrons. The molecule has 1 aromatic rings. The fourth-order valence-corrected chi connectivity index (χ4v) is 2.59. The first-order valence-corrected chi connectivity index (χ1v) is 6.01. The van der Waals surface area contributed by atoms with Gasteiger partial charge in [-0.3, -0.25) is 0 Å².